The van der Waals surface area contributed by atoms with Crippen LogP contribution in [0.1, 0.15) is 30.1 Å². The van der Waals surface area contributed by atoms with Gasteiger partial charge >= 0.3 is 0 Å². The molecule has 32 heavy (non-hydrogen) atoms. The minimum atomic E-state index is -3.67. The van der Waals surface area contributed by atoms with Crippen LogP contribution in [0.2, 0.25) is 0 Å². The van der Waals surface area contributed by atoms with E-state index in [0.717, 1.165) is 0 Å². The standard InChI is InChI=1S/C22H21N5O4S/c1-16(22-26-25-20-6-2-3-13-27(20)22)24-21(28)12-9-17-7-10-19(11-8-17)32(29,30)23-15-18-5-4-14-31-18/h2-14,16,23H,15H2,1H3,(H,24,28)/b12-9+. The van der Waals surface area contributed by atoms with Gasteiger partial charge in [0.25, 0.3) is 0 Å². The van der Waals surface area contributed by atoms with E-state index in [1.165, 1.54) is 24.5 Å². The zero-order valence-electron chi connectivity index (χ0n) is 17.2. The van der Waals surface area contributed by atoms with Crippen molar-refractivity contribution in [2.45, 2.75) is 24.4 Å². The molecule has 1 atom stereocenters. The average molecular weight is 452 g/mol. The molecule has 0 aliphatic heterocycles. The fraction of sp³-hybridized carbons (Fsp3) is 0.136. The number of hydrogen-bond acceptors (Lipinski definition) is 6. The lowest BCUT2D eigenvalue weighted by Crippen LogP contribution is -2.26. The van der Waals surface area contributed by atoms with E-state index >= 15 is 0 Å². The second-order valence-corrected chi connectivity index (χ2v) is 8.79. The Balaban J connectivity index is 1.36. The largest absolute Gasteiger partial charge is 0.468 e. The maximum Gasteiger partial charge on any atom is 0.244 e. The number of aromatic nitrogens is 3. The van der Waals surface area contributed by atoms with Gasteiger partial charge in [0.2, 0.25) is 15.9 Å². The van der Waals surface area contributed by atoms with Crippen LogP contribution in [-0.2, 0) is 21.4 Å². The highest BCUT2D eigenvalue weighted by Gasteiger charge is 2.15. The number of hydrogen-bond donors (Lipinski definition) is 2. The molecule has 4 aromatic rings. The van der Waals surface area contributed by atoms with Crippen LogP contribution in [0.4, 0.5) is 0 Å². The molecule has 0 saturated heterocycles. The summed E-state index contributed by atoms with van der Waals surface area (Å²) in [6, 6.07) is 14.8. The summed E-state index contributed by atoms with van der Waals surface area (Å²) >= 11 is 0. The second-order valence-electron chi connectivity index (χ2n) is 7.02. The molecule has 1 amide bonds. The maximum atomic E-state index is 12.4. The lowest BCUT2D eigenvalue weighted by molar-refractivity contribution is -0.117. The molecule has 0 saturated carbocycles. The van der Waals surface area contributed by atoms with Gasteiger partial charge in [0.15, 0.2) is 11.5 Å². The number of nitrogens with one attached hydrogen (secondary N) is 2. The molecule has 3 aromatic heterocycles. The Bertz CT molecular complexity index is 1340. The van der Waals surface area contributed by atoms with E-state index in [2.05, 4.69) is 20.2 Å². The summed E-state index contributed by atoms with van der Waals surface area (Å²) in [7, 11) is -3.67. The molecule has 0 spiro atoms. The highest BCUT2D eigenvalue weighted by Crippen LogP contribution is 2.14. The zero-order valence-corrected chi connectivity index (χ0v) is 18.0. The molecule has 0 aliphatic rings. The van der Waals surface area contributed by atoms with Gasteiger partial charge in [-0.15, -0.1) is 10.2 Å². The predicted molar refractivity (Wildman–Crippen MR) is 118 cm³/mol. The number of sulfonamides is 1. The molecule has 2 N–H and O–H groups in total. The van der Waals surface area contributed by atoms with Crippen LogP contribution >= 0.6 is 0 Å². The number of carbonyl (C=O) groups excluding carboxylic acids is 1. The Morgan fingerprint density at radius 3 is 2.69 bits per heavy atom. The summed E-state index contributed by atoms with van der Waals surface area (Å²) in [5.74, 6) is 0.841. The molecule has 0 radical (unpaired) electrons. The van der Waals surface area contributed by atoms with E-state index < -0.39 is 10.0 Å². The van der Waals surface area contributed by atoms with Crippen molar-refractivity contribution in [3.63, 3.8) is 0 Å². The highest BCUT2D eigenvalue weighted by atomic mass is 32.2. The van der Waals surface area contributed by atoms with Crippen LogP contribution in [-0.4, -0.2) is 28.9 Å². The van der Waals surface area contributed by atoms with Crippen molar-refractivity contribution in [3.05, 3.63) is 90.3 Å². The normalized spacial score (nSPS) is 12.9. The molecule has 1 unspecified atom stereocenters. The minimum absolute atomic E-state index is 0.0661. The molecule has 0 bridgehead atoms. The molecule has 164 valence electrons. The topological polar surface area (TPSA) is 119 Å². The number of rotatable bonds is 8. The lowest BCUT2D eigenvalue weighted by Gasteiger charge is -2.10. The van der Waals surface area contributed by atoms with Crippen LogP contribution in [0.15, 0.2) is 82.4 Å². The predicted octanol–water partition coefficient (Wildman–Crippen LogP) is 2.69. The van der Waals surface area contributed by atoms with Crippen LogP contribution < -0.4 is 10.0 Å². The van der Waals surface area contributed by atoms with Crippen LogP contribution in [0, 0.1) is 0 Å². The molecule has 9 nitrogen and oxygen atoms in total. The molecule has 1 aromatic carbocycles. The van der Waals surface area contributed by atoms with Gasteiger partial charge in [0.05, 0.1) is 23.7 Å². The summed E-state index contributed by atoms with van der Waals surface area (Å²) in [6.45, 7) is 1.89. The average Bonchev–Trinajstić information content (AvgIpc) is 3.46. The van der Waals surface area contributed by atoms with Gasteiger partial charge in [-0.05, 0) is 55.0 Å². The van der Waals surface area contributed by atoms with Crippen molar-refractivity contribution >= 4 is 27.7 Å². The van der Waals surface area contributed by atoms with Gasteiger partial charge in [0, 0.05) is 12.3 Å². The summed E-state index contributed by atoms with van der Waals surface area (Å²) in [5, 5.41) is 11.1. The van der Waals surface area contributed by atoms with Crippen molar-refractivity contribution in [2.75, 3.05) is 0 Å². The molecule has 4 rings (SSSR count). The Morgan fingerprint density at radius 1 is 1.12 bits per heavy atom. The number of benzene rings is 1. The molecule has 0 aliphatic carbocycles. The molecule has 10 heteroatoms. The first-order chi connectivity index (χ1) is 15.4. The smallest absolute Gasteiger partial charge is 0.244 e. The number of nitrogens with zero attached hydrogens (tertiary/aromatic N) is 3. The first-order valence-corrected chi connectivity index (χ1v) is 11.3. The third-order valence-electron chi connectivity index (χ3n) is 4.72. The third kappa shape index (κ3) is 4.93. The van der Waals surface area contributed by atoms with E-state index in [-0.39, 0.29) is 23.4 Å². The van der Waals surface area contributed by atoms with Gasteiger partial charge in [-0.2, -0.15) is 0 Å². The van der Waals surface area contributed by atoms with Gasteiger partial charge in [-0.3, -0.25) is 9.20 Å². The summed E-state index contributed by atoms with van der Waals surface area (Å²) in [4.78, 5) is 12.4. The first kappa shape index (κ1) is 21.5. The monoisotopic (exact) mass is 451 g/mol. The van der Waals surface area contributed by atoms with E-state index in [1.807, 2.05) is 35.7 Å². The zero-order chi connectivity index (χ0) is 22.6. The fourth-order valence-electron chi connectivity index (χ4n) is 3.07. The van der Waals surface area contributed by atoms with Crippen molar-refractivity contribution in [3.8, 4) is 0 Å². The molecular formula is C22H21N5O4S. The van der Waals surface area contributed by atoms with Crippen LogP contribution in [0.5, 0.6) is 0 Å². The number of fused-ring (bicyclic) bond motifs is 1. The van der Waals surface area contributed by atoms with Crippen molar-refractivity contribution in [1.29, 1.82) is 0 Å². The van der Waals surface area contributed by atoms with Gasteiger partial charge in [-0.25, -0.2) is 13.1 Å². The van der Waals surface area contributed by atoms with E-state index in [1.54, 1.807) is 30.3 Å². The summed E-state index contributed by atoms with van der Waals surface area (Å²) < 4.78 is 34.2. The van der Waals surface area contributed by atoms with Crippen molar-refractivity contribution in [2.24, 2.45) is 0 Å². The number of carbonyl (C=O) groups is 1. The van der Waals surface area contributed by atoms with Crippen molar-refractivity contribution in [1.82, 2.24) is 24.6 Å². The number of amides is 1. The van der Waals surface area contributed by atoms with E-state index in [0.29, 0.717) is 22.8 Å². The van der Waals surface area contributed by atoms with E-state index in [4.69, 9.17) is 4.42 Å². The van der Waals surface area contributed by atoms with Gasteiger partial charge in [-0.1, -0.05) is 18.2 Å². The van der Waals surface area contributed by atoms with Crippen LogP contribution in [0.25, 0.3) is 11.7 Å². The number of pyridine rings is 1. The fourth-order valence-corrected chi connectivity index (χ4v) is 4.07. The highest BCUT2D eigenvalue weighted by molar-refractivity contribution is 7.89. The second kappa shape index (κ2) is 9.16. The third-order valence-corrected chi connectivity index (χ3v) is 6.14. The SMILES string of the molecule is CC(NC(=O)/C=C/c1ccc(S(=O)(=O)NCc2ccco2)cc1)c1nnc2ccccn12. The van der Waals surface area contributed by atoms with Crippen molar-refractivity contribution < 1.29 is 17.6 Å². The molecule has 0 fully saturated rings. The Hall–Kier alpha value is -3.76. The maximum absolute atomic E-state index is 12.4. The quantitative estimate of drug-likeness (QED) is 0.398. The number of furan rings is 1. The van der Waals surface area contributed by atoms with Crippen LogP contribution in [0.3, 0.4) is 0 Å². The Morgan fingerprint density at radius 2 is 1.94 bits per heavy atom. The Kier molecular flexibility index (Phi) is 6.15. The summed E-state index contributed by atoms with van der Waals surface area (Å²) in [6.07, 6.45) is 6.31. The van der Waals surface area contributed by atoms with Gasteiger partial charge < -0.3 is 9.73 Å². The lowest BCUT2D eigenvalue weighted by atomic mass is 10.2. The van der Waals surface area contributed by atoms with E-state index in [9.17, 15) is 13.2 Å². The summed E-state index contributed by atoms with van der Waals surface area (Å²) in [5.41, 5.74) is 1.39. The van der Waals surface area contributed by atoms with Gasteiger partial charge in [0.1, 0.15) is 5.76 Å². The first-order valence-electron chi connectivity index (χ1n) is 9.83. The Labute approximate surface area is 184 Å². The molecule has 3 heterocycles. The minimum Gasteiger partial charge on any atom is -0.468 e. The molecular weight excluding hydrogens is 430 g/mol.